The van der Waals surface area contributed by atoms with Crippen LogP contribution in [0.2, 0.25) is 0 Å². The predicted octanol–water partition coefficient (Wildman–Crippen LogP) is 3.25. The number of fused-ring (bicyclic) bond motifs is 1. The Labute approximate surface area is 130 Å². The molecule has 0 aromatic heterocycles. The van der Waals surface area contributed by atoms with E-state index in [1.807, 2.05) is 18.7 Å². The molecule has 3 nitrogen and oxygen atoms in total. The van der Waals surface area contributed by atoms with Crippen molar-refractivity contribution in [2.45, 2.75) is 61.1 Å². The molecule has 0 amide bonds. The summed E-state index contributed by atoms with van der Waals surface area (Å²) < 4.78 is 0. The van der Waals surface area contributed by atoms with Gasteiger partial charge in [-0.05, 0) is 68.3 Å². The molecular weight excluding hydrogens is 282 g/mol. The van der Waals surface area contributed by atoms with Crippen molar-refractivity contribution in [3.63, 3.8) is 0 Å². The minimum Gasteiger partial charge on any atom is -0.480 e. The first-order valence-corrected chi connectivity index (χ1v) is 8.78. The van der Waals surface area contributed by atoms with Crippen LogP contribution in [-0.4, -0.2) is 28.4 Å². The van der Waals surface area contributed by atoms with Gasteiger partial charge in [0.15, 0.2) is 0 Å². The molecule has 0 bridgehead atoms. The fraction of sp³-hybridized carbons (Fsp3) is 0.588. The molecule has 3 rings (SSSR count). The minimum absolute atomic E-state index is 0.402. The van der Waals surface area contributed by atoms with Crippen molar-refractivity contribution in [2.24, 2.45) is 0 Å². The van der Waals surface area contributed by atoms with Crippen LogP contribution in [-0.2, 0) is 17.6 Å². The Morgan fingerprint density at radius 3 is 3.00 bits per heavy atom. The Balaban J connectivity index is 1.68. The number of aryl methyl sites for hydroxylation is 2. The highest BCUT2D eigenvalue weighted by molar-refractivity contribution is 8.00. The van der Waals surface area contributed by atoms with Crippen LogP contribution in [0.15, 0.2) is 23.1 Å². The smallest absolute Gasteiger partial charge is 0.323 e. The molecule has 1 aromatic rings. The van der Waals surface area contributed by atoms with Gasteiger partial charge in [-0.15, -0.1) is 11.8 Å². The SMILES string of the molecule is CCNC1(C(=O)O)CCC(Sc2ccc3c(c2)CCC3)C1. The van der Waals surface area contributed by atoms with E-state index in [-0.39, 0.29) is 0 Å². The Hall–Kier alpha value is -1.00. The van der Waals surface area contributed by atoms with Crippen LogP contribution >= 0.6 is 11.8 Å². The second kappa shape index (κ2) is 6.01. The first-order chi connectivity index (χ1) is 10.1. The third-order valence-electron chi connectivity index (χ3n) is 4.77. The predicted molar refractivity (Wildman–Crippen MR) is 86.0 cm³/mol. The van der Waals surface area contributed by atoms with E-state index in [1.165, 1.54) is 35.3 Å². The first-order valence-electron chi connectivity index (χ1n) is 7.90. The minimum atomic E-state index is -0.705. The zero-order valence-electron chi connectivity index (χ0n) is 12.5. The Morgan fingerprint density at radius 1 is 1.43 bits per heavy atom. The van der Waals surface area contributed by atoms with Gasteiger partial charge in [-0.25, -0.2) is 0 Å². The van der Waals surface area contributed by atoms with E-state index >= 15 is 0 Å². The van der Waals surface area contributed by atoms with Gasteiger partial charge in [0.05, 0.1) is 0 Å². The lowest BCUT2D eigenvalue weighted by atomic mass is 9.98. The molecule has 114 valence electrons. The van der Waals surface area contributed by atoms with Gasteiger partial charge in [0.2, 0.25) is 0 Å². The number of rotatable bonds is 5. The first kappa shape index (κ1) is 14.9. The summed E-state index contributed by atoms with van der Waals surface area (Å²) in [5.74, 6) is -0.693. The second-order valence-electron chi connectivity index (χ2n) is 6.18. The van der Waals surface area contributed by atoms with Gasteiger partial charge >= 0.3 is 5.97 Å². The summed E-state index contributed by atoms with van der Waals surface area (Å²) in [5.41, 5.74) is 2.29. The summed E-state index contributed by atoms with van der Waals surface area (Å²) in [6.45, 7) is 2.69. The van der Waals surface area contributed by atoms with Crippen LogP contribution in [0.5, 0.6) is 0 Å². The molecule has 2 N–H and O–H groups in total. The van der Waals surface area contributed by atoms with Crippen molar-refractivity contribution in [1.82, 2.24) is 5.32 Å². The van der Waals surface area contributed by atoms with Crippen LogP contribution < -0.4 is 5.32 Å². The fourth-order valence-corrected chi connectivity index (χ4v) is 5.03. The van der Waals surface area contributed by atoms with E-state index in [2.05, 4.69) is 23.5 Å². The van der Waals surface area contributed by atoms with Crippen LogP contribution in [0.25, 0.3) is 0 Å². The van der Waals surface area contributed by atoms with Crippen molar-refractivity contribution in [3.8, 4) is 0 Å². The molecule has 0 spiro atoms. The van der Waals surface area contributed by atoms with E-state index in [1.54, 1.807) is 0 Å². The van der Waals surface area contributed by atoms with Crippen LogP contribution in [0.3, 0.4) is 0 Å². The molecule has 1 saturated carbocycles. The van der Waals surface area contributed by atoms with Gasteiger partial charge < -0.3 is 10.4 Å². The number of hydrogen-bond donors (Lipinski definition) is 2. The second-order valence-corrected chi connectivity index (χ2v) is 7.56. The summed E-state index contributed by atoms with van der Waals surface area (Å²) >= 11 is 1.86. The number of carboxylic acid groups (broad SMARTS) is 1. The summed E-state index contributed by atoms with van der Waals surface area (Å²) in [5, 5.41) is 13.1. The quantitative estimate of drug-likeness (QED) is 0.877. The van der Waals surface area contributed by atoms with Crippen LogP contribution in [0.4, 0.5) is 0 Å². The van der Waals surface area contributed by atoms with Gasteiger partial charge in [0.25, 0.3) is 0 Å². The summed E-state index contributed by atoms with van der Waals surface area (Å²) in [4.78, 5) is 12.9. The van der Waals surface area contributed by atoms with Gasteiger partial charge in [-0.3, -0.25) is 4.79 Å². The molecule has 0 aliphatic heterocycles. The highest BCUT2D eigenvalue weighted by Crippen LogP contribution is 2.41. The number of nitrogens with one attached hydrogen (secondary N) is 1. The van der Waals surface area contributed by atoms with Gasteiger partial charge in [0, 0.05) is 10.1 Å². The van der Waals surface area contributed by atoms with Gasteiger partial charge in [0.1, 0.15) is 5.54 Å². The molecule has 21 heavy (non-hydrogen) atoms. The largest absolute Gasteiger partial charge is 0.480 e. The van der Waals surface area contributed by atoms with Crippen molar-refractivity contribution < 1.29 is 9.90 Å². The van der Waals surface area contributed by atoms with Gasteiger partial charge in [-0.1, -0.05) is 13.0 Å². The average molecular weight is 305 g/mol. The number of likely N-dealkylation sites (N-methyl/N-ethyl adjacent to an activating group) is 1. The molecule has 2 unspecified atom stereocenters. The molecule has 1 fully saturated rings. The van der Waals surface area contributed by atoms with Crippen molar-refractivity contribution in [1.29, 1.82) is 0 Å². The topological polar surface area (TPSA) is 49.3 Å². The summed E-state index contributed by atoms with van der Waals surface area (Å²) in [7, 11) is 0. The van der Waals surface area contributed by atoms with Crippen molar-refractivity contribution in [3.05, 3.63) is 29.3 Å². The monoisotopic (exact) mass is 305 g/mol. The van der Waals surface area contributed by atoms with Crippen molar-refractivity contribution in [2.75, 3.05) is 6.54 Å². The van der Waals surface area contributed by atoms with Crippen LogP contribution in [0.1, 0.15) is 43.7 Å². The zero-order valence-corrected chi connectivity index (χ0v) is 13.3. The van der Waals surface area contributed by atoms with Gasteiger partial charge in [-0.2, -0.15) is 0 Å². The summed E-state index contributed by atoms with van der Waals surface area (Å²) in [6.07, 6.45) is 6.12. The molecule has 0 radical (unpaired) electrons. The molecule has 2 atom stereocenters. The fourth-order valence-electron chi connectivity index (χ4n) is 3.68. The maximum Gasteiger partial charge on any atom is 0.323 e. The zero-order chi connectivity index (χ0) is 14.9. The van der Waals surface area contributed by atoms with E-state index in [9.17, 15) is 9.90 Å². The highest BCUT2D eigenvalue weighted by atomic mass is 32.2. The molecule has 0 saturated heterocycles. The van der Waals surface area contributed by atoms with E-state index < -0.39 is 11.5 Å². The third kappa shape index (κ3) is 2.97. The lowest BCUT2D eigenvalue weighted by Gasteiger charge is -2.25. The lowest BCUT2D eigenvalue weighted by Crippen LogP contribution is -2.50. The molecule has 2 aliphatic rings. The number of carbonyl (C=O) groups is 1. The maximum absolute atomic E-state index is 11.6. The van der Waals surface area contributed by atoms with E-state index in [4.69, 9.17) is 0 Å². The number of benzene rings is 1. The normalized spacial score (nSPS) is 27.8. The van der Waals surface area contributed by atoms with Crippen LogP contribution in [0, 0.1) is 0 Å². The van der Waals surface area contributed by atoms with E-state index in [0.29, 0.717) is 11.8 Å². The Morgan fingerprint density at radius 2 is 2.24 bits per heavy atom. The third-order valence-corrected chi connectivity index (χ3v) is 6.03. The molecular formula is C17H23NO2S. The Kier molecular flexibility index (Phi) is 4.27. The molecule has 0 heterocycles. The number of aliphatic carboxylic acids is 1. The maximum atomic E-state index is 11.6. The molecule has 2 aliphatic carbocycles. The molecule has 4 heteroatoms. The highest BCUT2D eigenvalue weighted by Gasteiger charge is 2.45. The average Bonchev–Trinajstić information content (AvgIpc) is 3.06. The number of carboxylic acids is 1. The number of hydrogen-bond acceptors (Lipinski definition) is 3. The summed E-state index contributed by atoms with van der Waals surface area (Å²) in [6, 6.07) is 6.79. The Bertz CT molecular complexity index is 546. The number of thioether (sulfide) groups is 1. The van der Waals surface area contributed by atoms with E-state index in [0.717, 1.165) is 19.3 Å². The van der Waals surface area contributed by atoms with Crippen molar-refractivity contribution >= 4 is 17.7 Å². The standard InChI is InChI=1S/C17H23NO2S/c1-2-18-17(16(19)20)9-8-15(11-17)21-14-7-6-12-4-3-5-13(12)10-14/h6-7,10,15,18H,2-5,8-9,11H2,1H3,(H,19,20). The lowest BCUT2D eigenvalue weighted by molar-refractivity contribution is -0.144. The molecule has 1 aromatic carbocycles.